The van der Waals surface area contributed by atoms with Crippen molar-refractivity contribution in [1.82, 2.24) is 9.97 Å². The Morgan fingerprint density at radius 1 is 1.29 bits per heavy atom. The van der Waals surface area contributed by atoms with E-state index in [0.29, 0.717) is 5.95 Å². The van der Waals surface area contributed by atoms with Crippen LogP contribution in [-0.4, -0.2) is 9.97 Å². The number of halogens is 1. The van der Waals surface area contributed by atoms with Crippen molar-refractivity contribution in [2.75, 3.05) is 10.7 Å². The van der Waals surface area contributed by atoms with Gasteiger partial charge < -0.3 is 5.32 Å². The van der Waals surface area contributed by atoms with Crippen LogP contribution in [0, 0.1) is 6.92 Å². The molecule has 3 rings (SSSR count). The molecule has 1 atom stereocenters. The lowest BCUT2D eigenvalue weighted by atomic mass is 10.2. The standard InChI is InChI=1S/C13H14ClN5S2/c1-6-5-8-11(17-13(19-15)18-12(8)20-6)16-7(2)9-3-4-10(14)21-9/h3-5,7H,15H2,1-2H3,(H2,16,17,18,19). The van der Waals surface area contributed by atoms with Crippen molar-refractivity contribution >= 4 is 56.3 Å². The monoisotopic (exact) mass is 339 g/mol. The van der Waals surface area contributed by atoms with Crippen molar-refractivity contribution in [3.05, 3.63) is 32.3 Å². The van der Waals surface area contributed by atoms with E-state index in [4.69, 9.17) is 17.4 Å². The SMILES string of the molecule is Cc1cc2c(NC(C)c3ccc(Cl)s3)nc(NN)nc2s1. The minimum absolute atomic E-state index is 0.103. The summed E-state index contributed by atoms with van der Waals surface area (Å²) in [4.78, 5) is 12.0. The average molecular weight is 340 g/mol. The highest BCUT2D eigenvalue weighted by atomic mass is 35.5. The summed E-state index contributed by atoms with van der Waals surface area (Å²) in [5.41, 5.74) is 2.51. The van der Waals surface area contributed by atoms with E-state index in [9.17, 15) is 0 Å². The van der Waals surface area contributed by atoms with Gasteiger partial charge in [-0.1, -0.05) is 11.6 Å². The molecule has 0 bridgehead atoms. The van der Waals surface area contributed by atoms with Crippen molar-refractivity contribution in [2.24, 2.45) is 5.84 Å². The fraction of sp³-hybridized carbons (Fsp3) is 0.231. The summed E-state index contributed by atoms with van der Waals surface area (Å²) >= 11 is 9.17. The summed E-state index contributed by atoms with van der Waals surface area (Å²) in [5.74, 6) is 6.63. The van der Waals surface area contributed by atoms with Crippen LogP contribution in [-0.2, 0) is 0 Å². The normalized spacial score (nSPS) is 12.6. The molecule has 0 saturated carbocycles. The first-order valence-corrected chi connectivity index (χ1v) is 8.34. The van der Waals surface area contributed by atoms with Gasteiger partial charge in [0.05, 0.1) is 15.8 Å². The van der Waals surface area contributed by atoms with Crippen molar-refractivity contribution < 1.29 is 0 Å². The highest BCUT2D eigenvalue weighted by Gasteiger charge is 2.14. The first-order valence-electron chi connectivity index (χ1n) is 6.33. The molecule has 4 N–H and O–H groups in total. The lowest BCUT2D eigenvalue weighted by Gasteiger charge is -2.14. The molecule has 0 radical (unpaired) electrons. The zero-order valence-electron chi connectivity index (χ0n) is 11.5. The highest BCUT2D eigenvalue weighted by Crippen LogP contribution is 2.33. The van der Waals surface area contributed by atoms with Crippen LogP contribution in [0.4, 0.5) is 11.8 Å². The van der Waals surface area contributed by atoms with Gasteiger partial charge in [-0.15, -0.1) is 22.7 Å². The topological polar surface area (TPSA) is 75.9 Å². The summed E-state index contributed by atoms with van der Waals surface area (Å²) in [5, 5.41) is 4.42. The number of nitrogen functional groups attached to an aromatic ring is 1. The third kappa shape index (κ3) is 2.96. The van der Waals surface area contributed by atoms with Crippen LogP contribution in [0.3, 0.4) is 0 Å². The van der Waals surface area contributed by atoms with Gasteiger partial charge >= 0.3 is 0 Å². The Balaban J connectivity index is 1.98. The van der Waals surface area contributed by atoms with Crippen molar-refractivity contribution in [1.29, 1.82) is 0 Å². The van der Waals surface area contributed by atoms with Crippen LogP contribution in [0.5, 0.6) is 0 Å². The second kappa shape index (κ2) is 5.76. The van der Waals surface area contributed by atoms with Crippen LogP contribution in [0.2, 0.25) is 4.34 Å². The molecule has 0 saturated heterocycles. The average Bonchev–Trinajstić information content (AvgIpc) is 3.03. The molecule has 21 heavy (non-hydrogen) atoms. The van der Waals surface area contributed by atoms with Crippen molar-refractivity contribution in [2.45, 2.75) is 19.9 Å². The van der Waals surface area contributed by atoms with E-state index in [1.165, 1.54) is 4.88 Å². The molecule has 0 aliphatic heterocycles. The number of fused-ring (bicyclic) bond motifs is 1. The molecular weight excluding hydrogens is 326 g/mol. The predicted molar refractivity (Wildman–Crippen MR) is 91.3 cm³/mol. The number of hydrazine groups is 1. The van der Waals surface area contributed by atoms with Gasteiger partial charge in [0.1, 0.15) is 10.6 Å². The molecule has 0 spiro atoms. The number of hydrogen-bond donors (Lipinski definition) is 3. The zero-order chi connectivity index (χ0) is 15.0. The Morgan fingerprint density at radius 3 is 2.76 bits per heavy atom. The predicted octanol–water partition coefficient (Wildman–Crippen LogP) is 4.17. The number of thiophene rings is 2. The van der Waals surface area contributed by atoms with Crippen molar-refractivity contribution in [3.8, 4) is 0 Å². The summed E-state index contributed by atoms with van der Waals surface area (Å²) in [6.07, 6.45) is 0. The van der Waals surface area contributed by atoms with Gasteiger partial charge in [0.2, 0.25) is 5.95 Å². The van der Waals surface area contributed by atoms with Gasteiger partial charge in [-0.3, -0.25) is 5.43 Å². The molecule has 5 nitrogen and oxygen atoms in total. The number of aromatic nitrogens is 2. The van der Waals surface area contributed by atoms with Crippen LogP contribution in [0.1, 0.15) is 22.7 Å². The lowest BCUT2D eigenvalue weighted by Crippen LogP contribution is -2.13. The number of rotatable bonds is 4. The minimum Gasteiger partial charge on any atom is -0.362 e. The fourth-order valence-corrected chi connectivity index (χ4v) is 4.00. The molecule has 110 valence electrons. The third-order valence-corrected chi connectivity index (χ3v) is 5.38. The molecule has 3 aromatic rings. The summed E-state index contributed by atoms with van der Waals surface area (Å²) < 4.78 is 0.780. The minimum atomic E-state index is 0.103. The van der Waals surface area contributed by atoms with Gasteiger partial charge in [0, 0.05) is 9.75 Å². The molecule has 1 unspecified atom stereocenters. The summed E-state index contributed by atoms with van der Waals surface area (Å²) in [6, 6.07) is 6.10. The van der Waals surface area contributed by atoms with Crippen LogP contribution >= 0.6 is 34.3 Å². The number of nitrogens with zero attached hydrogens (tertiary/aromatic N) is 2. The molecule has 0 fully saturated rings. The fourth-order valence-electron chi connectivity index (χ4n) is 2.05. The third-order valence-electron chi connectivity index (χ3n) is 3.02. The molecule has 0 aromatic carbocycles. The van der Waals surface area contributed by atoms with Gasteiger partial charge in [-0.25, -0.2) is 10.8 Å². The Hall–Kier alpha value is -1.41. The van der Waals surface area contributed by atoms with E-state index in [2.05, 4.69) is 33.7 Å². The maximum absolute atomic E-state index is 5.99. The molecule has 3 heterocycles. The smallest absolute Gasteiger partial charge is 0.240 e. The van der Waals surface area contributed by atoms with Crippen LogP contribution in [0.15, 0.2) is 18.2 Å². The van der Waals surface area contributed by atoms with E-state index >= 15 is 0 Å². The van der Waals surface area contributed by atoms with Gasteiger partial charge in [0.15, 0.2) is 0 Å². The first kappa shape index (κ1) is 14.5. The molecule has 0 aliphatic carbocycles. The molecular formula is C13H14ClN5S2. The largest absolute Gasteiger partial charge is 0.362 e. The maximum atomic E-state index is 5.99. The van der Waals surface area contributed by atoms with E-state index in [1.807, 2.05) is 19.1 Å². The van der Waals surface area contributed by atoms with Gasteiger partial charge in [-0.2, -0.15) is 4.98 Å². The Bertz CT molecular complexity index is 782. The van der Waals surface area contributed by atoms with Crippen LogP contribution < -0.4 is 16.6 Å². The second-order valence-corrected chi connectivity index (χ2v) is 7.61. The lowest BCUT2D eigenvalue weighted by molar-refractivity contribution is 0.898. The molecule has 0 amide bonds. The molecule has 0 aliphatic rings. The maximum Gasteiger partial charge on any atom is 0.240 e. The zero-order valence-corrected chi connectivity index (χ0v) is 13.9. The number of nitrogens with one attached hydrogen (secondary N) is 2. The van der Waals surface area contributed by atoms with E-state index < -0.39 is 0 Å². The van der Waals surface area contributed by atoms with Crippen LogP contribution in [0.25, 0.3) is 10.2 Å². The van der Waals surface area contributed by atoms with Gasteiger partial charge in [-0.05, 0) is 32.0 Å². The first-order chi connectivity index (χ1) is 10.1. The number of hydrogen-bond acceptors (Lipinski definition) is 7. The molecule has 3 aromatic heterocycles. The summed E-state index contributed by atoms with van der Waals surface area (Å²) in [7, 11) is 0. The van der Waals surface area contributed by atoms with Gasteiger partial charge in [0.25, 0.3) is 0 Å². The number of anilines is 2. The summed E-state index contributed by atoms with van der Waals surface area (Å²) in [6.45, 7) is 4.12. The Morgan fingerprint density at radius 2 is 2.10 bits per heavy atom. The second-order valence-electron chi connectivity index (χ2n) is 4.62. The Kier molecular flexibility index (Phi) is 3.99. The molecule has 8 heteroatoms. The quantitative estimate of drug-likeness (QED) is 0.491. The number of nitrogens with two attached hydrogens (primary N) is 1. The van der Waals surface area contributed by atoms with E-state index in [1.54, 1.807) is 22.7 Å². The Labute approximate surface area is 135 Å². The van der Waals surface area contributed by atoms with E-state index in [0.717, 1.165) is 25.2 Å². The number of aryl methyl sites for hydroxylation is 1. The van der Waals surface area contributed by atoms with Crippen molar-refractivity contribution in [3.63, 3.8) is 0 Å². The van der Waals surface area contributed by atoms with E-state index in [-0.39, 0.29) is 6.04 Å². The highest BCUT2D eigenvalue weighted by molar-refractivity contribution is 7.18.